The SMILES string of the molecule is CSc1cccc(OCC2CCCCO2)c1C(=N)N. The number of amidine groups is 1. The van der Waals surface area contributed by atoms with Crippen LogP contribution in [0.5, 0.6) is 5.75 Å². The van der Waals surface area contributed by atoms with E-state index in [-0.39, 0.29) is 11.9 Å². The highest BCUT2D eigenvalue weighted by atomic mass is 32.2. The summed E-state index contributed by atoms with van der Waals surface area (Å²) in [6, 6.07) is 5.74. The third-order valence-corrected chi connectivity index (χ3v) is 3.96. The van der Waals surface area contributed by atoms with E-state index in [0.717, 1.165) is 24.3 Å². The molecule has 0 spiro atoms. The molecule has 1 unspecified atom stereocenters. The minimum Gasteiger partial charge on any atom is -0.490 e. The molecule has 4 nitrogen and oxygen atoms in total. The van der Waals surface area contributed by atoms with Gasteiger partial charge >= 0.3 is 0 Å². The molecule has 104 valence electrons. The Labute approximate surface area is 118 Å². The summed E-state index contributed by atoms with van der Waals surface area (Å²) in [6.07, 6.45) is 5.50. The van der Waals surface area contributed by atoms with Crippen molar-refractivity contribution in [3.05, 3.63) is 23.8 Å². The van der Waals surface area contributed by atoms with Crippen LogP contribution in [0.2, 0.25) is 0 Å². The lowest BCUT2D eigenvalue weighted by Gasteiger charge is -2.23. The van der Waals surface area contributed by atoms with Crippen molar-refractivity contribution in [2.45, 2.75) is 30.3 Å². The second-order valence-electron chi connectivity index (χ2n) is 4.55. The molecular weight excluding hydrogens is 260 g/mol. The lowest BCUT2D eigenvalue weighted by Crippen LogP contribution is -2.26. The molecular formula is C14H20N2O2S. The largest absolute Gasteiger partial charge is 0.490 e. The van der Waals surface area contributed by atoms with Crippen LogP contribution in [-0.4, -0.2) is 31.4 Å². The van der Waals surface area contributed by atoms with Crippen LogP contribution >= 0.6 is 11.8 Å². The van der Waals surface area contributed by atoms with Gasteiger partial charge in [0.15, 0.2) is 0 Å². The lowest BCUT2D eigenvalue weighted by molar-refractivity contribution is -0.0111. The first kappa shape index (κ1) is 14.2. The molecule has 1 aliphatic heterocycles. The van der Waals surface area contributed by atoms with Crippen LogP contribution in [0.3, 0.4) is 0 Å². The zero-order valence-electron chi connectivity index (χ0n) is 11.1. The molecule has 2 rings (SSSR count). The number of rotatable bonds is 5. The molecule has 5 heteroatoms. The van der Waals surface area contributed by atoms with Gasteiger partial charge in [-0.3, -0.25) is 5.41 Å². The van der Waals surface area contributed by atoms with Gasteiger partial charge in [0.05, 0.1) is 11.7 Å². The number of nitrogens with two attached hydrogens (primary N) is 1. The Morgan fingerprint density at radius 2 is 2.37 bits per heavy atom. The first-order valence-corrected chi connectivity index (χ1v) is 7.70. The number of ether oxygens (including phenoxy) is 2. The van der Waals surface area contributed by atoms with Crippen molar-refractivity contribution < 1.29 is 9.47 Å². The number of nitrogen functional groups attached to an aromatic ring is 1. The van der Waals surface area contributed by atoms with Gasteiger partial charge in [-0.25, -0.2) is 0 Å². The summed E-state index contributed by atoms with van der Waals surface area (Å²) in [7, 11) is 0. The molecule has 0 aliphatic carbocycles. The minimum atomic E-state index is 0.0458. The van der Waals surface area contributed by atoms with E-state index in [1.807, 2.05) is 24.5 Å². The molecule has 0 aromatic heterocycles. The molecule has 0 radical (unpaired) electrons. The Morgan fingerprint density at radius 3 is 3.00 bits per heavy atom. The van der Waals surface area contributed by atoms with Crippen LogP contribution in [-0.2, 0) is 4.74 Å². The molecule has 1 atom stereocenters. The summed E-state index contributed by atoms with van der Waals surface area (Å²) < 4.78 is 11.5. The molecule has 1 aromatic rings. The van der Waals surface area contributed by atoms with E-state index in [0.29, 0.717) is 17.9 Å². The molecule has 1 heterocycles. The van der Waals surface area contributed by atoms with Crippen molar-refractivity contribution in [1.82, 2.24) is 0 Å². The van der Waals surface area contributed by atoms with Gasteiger partial charge in [-0.2, -0.15) is 0 Å². The van der Waals surface area contributed by atoms with Crippen LogP contribution in [0.1, 0.15) is 24.8 Å². The molecule has 19 heavy (non-hydrogen) atoms. The topological polar surface area (TPSA) is 68.3 Å². The van der Waals surface area contributed by atoms with Gasteiger partial charge in [0.25, 0.3) is 0 Å². The molecule has 0 saturated carbocycles. The normalized spacial score (nSPS) is 19.1. The number of thioether (sulfide) groups is 1. The van der Waals surface area contributed by atoms with E-state index >= 15 is 0 Å². The predicted octanol–water partition coefficient (Wildman–Crippen LogP) is 2.64. The second kappa shape index (κ2) is 6.82. The van der Waals surface area contributed by atoms with Crippen LogP contribution in [0.25, 0.3) is 0 Å². The van der Waals surface area contributed by atoms with Crippen molar-refractivity contribution in [3.63, 3.8) is 0 Å². The zero-order valence-corrected chi connectivity index (χ0v) is 12.0. The molecule has 0 bridgehead atoms. The Kier molecular flexibility index (Phi) is 5.10. The molecule has 1 saturated heterocycles. The lowest BCUT2D eigenvalue weighted by atomic mass is 10.1. The Balaban J connectivity index is 2.08. The van der Waals surface area contributed by atoms with Crippen LogP contribution in [0.15, 0.2) is 23.1 Å². The number of hydrogen-bond acceptors (Lipinski definition) is 4. The highest BCUT2D eigenvalue weighted by Crippen LogP contribution is 2.29. The van der Waals surface area contributed by atoms with Gasteiger partial charge in [0.1, 0.15) is 18.2 Å². The van der Waals surface area contributed by atoms with Crippen molar-refractivity contribution in [2.24, 2.45) is 5.73 Å². The van der Waals surface area contributed by atoms with E-state index in [1.165, 1.54) is 6.42 Å². The van der Waals surface area contributed by atoms with Gasteiger partial charge in [-0.05, 0) is 37.7 Å². The van der Waals surface area contributed by atoms with Crippen LogP contribution in [0, 0.1) is 5.41 Å². The standard InChI is InChI=1S/C14H20N2O2S/c1-19-12-7-4-6-11(13(12)14(15)16)18-9-10-5-2-3-8-17-10/h4,6-7,10H,2-3,5,8-9H2,1H3,(H3,15,16). The van der Waals surface area contributed by atoms with Crippen LogP contribution in [0.4, 0.5) is 0 Å². The average molecular weight is 280 g/mol. The average Bonchev–Trinajstić information content (AvgIpc) is 2.45. The van der Waals surface area contributed by atoms with E-state index in [4.69, 9.17) is 20.6 Å². The van der Waals surface area contributed by atoms with E-state index in [1.54, 1.807) is 11.8 Å². The fourth-order valence-corrected chi connectivity index (χ4v) is 2.82. The van der Waals surface area contributed by atoms with Crippen molar-refractivity contribution in [2.75, 3.05) is 19.5 Å². The van der Waals surface area contributed by atoms with Gasteiger partial charge in [0.2, 0.25) is 0 Å². The maximum atomic E-state index is 7.70. The molecule has 3 N–H and O–H groups in total. The first-order chi connectivity index (χ1) is 9.22. The van der Waals surface area contributed by atoms with Gasteiger partial charge in [-0.15, -0.1) is 11.8 Å². The highest BCUT2D eigenvalue weighted by molar-refractivity contribution is 7.98. The maximum absolute atomic E-state index is 7.70. The monoisotopic (exact) mass is 280 g/mol. The summed E-state index contributed by atoms with van der Waals surface area (Å²) in [6.45, 7) is 1.34. The third-order valence-electron chi connectivity index (χ3n) is 3.18. The van der Waals surface area contributed by atoms with Gasteiger partial charge in [0, 0.05) is 11.5 Å². The third kappa shape index (κ3) is 3.64. The minimum absolute atomic E-state index is 0.0458. The quantitative estimate of drug-likeness (QED) is 0.494. The van der Waals surface area contributed by atoms with Crippen molar-refractivity contribution >= 4 is 17.6 Å². The fraction of sp³-hybridized carbons (Fsp3) is 0.500. The number of nitrogens with one attached hydrogen (secondary N) is 1. The van der Waals surface area contributed by atoms with E-state index < -0.39 is 0 Å². The molecule has 1 aromatic carbocycles. The van der Waals surface area contributed by atoms with Gasteiger partial charge in [-0.1, -0.05) is 6.07 Å². The summed E-state index contributed by atoms with van der Waals surface area (Å²) in [5.74, 6) is 0.720. The number of hydrogen-bond donors (Lipinski definition) is 2. The summed E-state index contributed by atoms with van der Waals surface area (Å²) in [5.41, 5.74) is 6.34. The maximum Gasteiger partial charge on any atom is 0.131 e. The first-order valence-electron chi connectivity index (χ1n) is 6.48. The highest BCUT2D eigenvalue weighted by Gasteiger charge is 2.17. The zero-order chi connectivity index (χ0) is 13.7. The Hall–Kier alpha value is -1.20. The molecule has 1 aliphatic rings. The summed E-state index contributed by atoms with van der Waals surface area (Å²) >= 11 is 1.57. The smallest absolute Gasteiger partial charge is 0.131 e. The molecule has 0 amide bonds. The summed E-state index contributed by atoms with van der Waals surface area (Å²) in [4.78, 5) is 0.967. The fourth-order valence-electron chi connectivity index (χ4n) is 2.19. The van der Waals surface area contributed by atoms with Crippen LogP contribution < -0.4 is 10.5 Å². The summed E-state index contributed by atoms with van der Waals surface area (Å²) in [5, 5.41) is 7.70. The van der Waals surface area contributed by atoms with Gasteiger partial charge < -0.3 is 15.2 Å². The predicted molar refractivity (Wildman–Crippen MR) is 78.3 cm³/mol. The second-order valence-corrected chi connectivity index (χ2v) is 5.39. The van der Waals surface area contributed by atoms with E-state index in [9.17, 15) is 0 Å². The Bertz CT molecular complexity index is 445. The van der Waals surface area contributed by atoms with Crippen molar-refractivity contribution in [3.8, 4) is 5.75 Å². The van der Waals surface area contributed by atoms with E-state index in [2.05, 4.69) is 0 Å². The van der Waals surface area contributed by atoms with Crippen molar-refractivity contribution in [1.29, 1.82) is 5.41 Å². The number of benzene rings is 1. The Morgan fingerprint density at radius 1 is 1.53 bits per heavy atom. The molecule has 1 fully saturated rings.